The second kappa shape index (κ2) is 6.32. The van der Waals surface area contributed by atoms with E-state index in [4.69, 9.17) is 4.74 Å². The maximum Gasteiger partial charge on any atom is 0.273 e. The van der Waals surface area contributed by atoms with E-state index in [1.165, 1.54) is 24.2 Å². The molecule has 24 heavy (non-hydrogen) atoms. The molecule has 0 spiro atoms. The lowest BCUT2D eigenvalue weighted by atomic mass is 10.1. The first-order valence-corrected chi connectivity index (χ1v) is 8.55. The summed E-state index contributed by atoms with van der Waals surface area (Å²) in [6, 6.07) is 4.95. The Morgan fingerprint density at radius 1 is 1.17 bits per heavy atom. The van der Waals surface area contributed by atoms with Crippen molar-refractivity contribution in [3.8, 4) is 5.75 Å². The molecule has 1 aromatic carbocycles. The van der Waals surface area contributed by atoms with Gasteiger partial charge in [-0.15, -0.1) is 0 Å². The highest BCUT2D eigenvalue weighted by Crippen LogP contribution is 2.37. The van der Waals surface area contributed by atoms with Crippen LogP contribution < -0.4 is 10.1 Å². The van der Waals surface area contributed by atoms with Crippen LogP contribution in [-0.2, 0) is 6.54 Å². The molecule has 2 aliphatic heterocycles. The van der Waals surface area contributed by atoms with Gasteiger partial charge in [-0.05, 0) is 24.5 Å². The van der Waals surface area contributed by atoms with Crippen molar-refractivity contribution in [2.75, 3.05) is 39.3 Å². The minimum atomic E-state index is -0.370. The molecule has 1 saturated carbocycles. The van der Waals surface area contributed by atoms with Crippen molar-refractivity contribution in [3.63, 3.8) is 0 Å². The largest absolute Gasteiger partial charge is 0.491 e. The molecule has 7 nitrogen and oxygen atoms in total. The second-order valence-electron chi connectivity index (χ2n) is 6.48. The zero-order valence-corrected chi connectivity index (χ0v) is 13.7. The van der Waals surface area contributed by atoms with Crippen LogP contribution >= 0.6 is 0 Å². The number of hydrogen-bond donors (Lipinski definition) is 1. The van der Waals surface area contributed by atoms with Gasteiger partial charge in [0.25, 0.3) is 5.69 Å². The Bertz CT molecular complexity index is 676. The van der Waals surface area contributed by atoms with Crippen LogP contribution in [0.3, 0.4) is 0 Å². The van der Waals surface area contributed by atoms with Crippen molar-refractivity contribution in [1.29, 1.82) is 0 Å². The van der Waals surface area contributed by atoms with Gasteiger partial charge in [0.2, 0.25) is 0 Å². The molecule has 1 saturated heterocycles. The number of ether oxygens (including phenoxy) is 1. The van der Waals surface area contributed by atoms with Crippen LogP contribution in [0, 0.1) is 10.1 Å². The van der Waals surface area contributed by atoms with Crippen molar-refractivity contribution in [1.82, 2.24) is 15.1 Å². The molecule has 4 rings (SSSR count). The van der Waals surface area contributed by atoms with Crippen molar-refractivity contribution >= 4 is 5.69 Å². The highest BCUT2D eigenvalue weighted by Gasteiger charge is 2.29. The van der Waals surface area contributed by atoms with Gasteiger partial charge in [0, 0.05) is 44.4 Å². The summed E-state index contributed by atoms with van der Waals surface area (Å²) >= 11 is 0. The Morgan fingerprint density at radius 2 is 1.96 bits per heavy atom. The van der Waals surface area contributed by atoms with Gasteiger partial charge < -0.3 is 19.9 Å². The monoisotopic (exact) mass is 330 g/mol. The van der Waals surface area contributed by atoms with E-state index in [2.05, 4.69) is 15.1 Å². The van der Waals surface area contributed by atoms with E-state index in [1.54, 1.807) is 12.1 Å². The van der Waals surface area contributed by atoms with Crippen LogP contribution in [0.25, 0.3) is 0 Å². The van der Waals surface area contributed by atoms with Gasteiger partial charge in [-0.2, -0.15) is 0 Å². The summed E-state index contributed by atoms with van der Waals surface area (Å²) in [7, 11) is 0. The Hall–Kier alpha value is -2.28. The molecule has 2 heterocycles. The Morgan fingerprint density at radius 3 is 2.67 bits per heavy atom. The summed E-state index contributed by atoms with van der Waals surface area (Å²) in [6.45, 7) is 6.21. The minimum absolute atomic E-state index is 0.0880. The molecule has 0 bridgehead atoms. The van der Waals surface area contributed by atoms with E-state index < -0.39 is 0 Å². The Labute approximate surface area is 141 Å². The summed E-state index contributed by atoms with van der Waals surface area (Å²) in [4.78, 5) is 15.5. The Balaban J connectivity index is 1.60. The third kappa shape index (κ3) is 3.03. The zero-order chi connectivity index (χ0) is 16.5. The van der Waals surface area contributed by atoms with Gasteiger partial charge in [0.15, 0.2) is 0 Å². The molecule has 128 valence electrons. The van der Waals surface area contributed by atoms with Crippen LogP contribution in [-0.4, -0.2) is 54.1 Å². The summed E-state index contributed by atoms with van der Waals surface area (Å²) in [6.07, 6.45) is 2.37. The average Bonchev–Trinajstić information content (AvgIpc) is 3.42. The molecule has 0 aromatic heterocycles. The van der Waals surface area contributed by atoms with Crippen LogP contribution in [0.2, 0.25) is 0 Å². The van der Waals surface area contributed by atoms with Gasteiger partial charge in [-0.25, -0.2) is 0 Å². The second-order valence-corrected chi connectivity index (χ2v) is 6.48. The summed E-state index contributed by atoms with van der Waals surface area (Å²) < 4.78 is 5.81. The third-order valence-corrected chi connectivity index (χ3v) is 4.77. The Kier molecular flexibility index (Phi) is 4.02. The zero-order valence-electron chi connectivity index (χ0n) is 13.7. The van der Waals surface area contributed by atoms with E-state index in [0.717, 1.165) is 44.8 Å². The first-order valence-electron chi connectivity index (χ1n) is 8.55. The standard InChI is InChI=1S/C17H22N4O3/c22-21(23)15-4-3-14-12-20(9-10-24-16(14)11-15)17(13-1-2-13)19-7-5-18-6-8-19/h3-4,11,18H,1-2,5-10,12H2. The van der Waals surface area contributed by atoms with Crippen LogP contribution in [0.15, 0.2) is 29.6 Å². The smallest absolute Gasteiger partial charge is 0.273 e. The maximum atomic E-state index is 11.0. The number of nitro benzene ring substituents is 1. The number of non-ortho nitro benzene ring substituents is 1. The van der Waals surface area contributed by atoms with Crippen LogP contribution in [0.5, 0.6) is 5.75 Å². The number of hydrogen-bond acceptors (Lipinski definition) is 6. The fourth-order valence-electron chi connectivity index (χ4n) is 3.46. The lowest BCUT2D eigenvalue weighted by Gasteiger charge is -2.38. The van der Waals surface area contributed by atoms with Crippen molar-refractivity contribution in [2.45, 2.75) is 19.4 Å². The molecule has 0 radical (unpaired) electrons. The lowest BCUT2D eigenvalue weighted by Crippen LogP contribution is -2.47. The lowest BCUT2D eigenvalue weighted by molar-refractivity contribution is -0.384. The molecule has 3 aliphatic rings. The number of allylic oxidation sites excluding steroid dienone is 1. The van der Waals surface area contributed by atoms with Gasteiger partial charge in [-0.3, -0.25) is 10.1 Å². The van der Waals surface area contributed by atoms with Crippen molar-refractivity contribution in [3.05, 3.63) is 45.3 Å². The number of nitrogens with zero attached hydrogens (tertiary/aromatic N) is 3. The van der Waals surface area contributed by atoms with Gasteiger partial charge in [-0.1, -0.05) is 0 Å². The molecule has 1 aromatic rings. The topological polar surface area (TPSA) is 70.9 Å². The van der Waals surface area contributed by atoms with E-state index in [9.17, 15) is 10.1 Å². The predicted molar refractivity (Wildman–Crippen MR) is 89.7 cm³/mol. The summed E-state index contributed by atoms with van der Waals surface area (Å²) in [5.74, 6) is 2.01. The molecular weight excluding hydrogens is 308 g/mol. The highest BCUT2D eigenvalue weighted by molar-refractivity contribution is 5.45. The number of nitrogens with one attached hydrogen (secondary N) is 1. The number of nitro groups is 1. The molecule has 0 atom stereocenters. The van der Waals surface area contributed by atoms with Crippen molar-refractivity contribution in [2.24, 2.45) is 0 Å². The highest BCUT2D eigenvalue weighted by atomic mass is 16.6. The van der Waals surface area contributed by atoms with Gasteiger partial charge in [0.1, 0.15) is 18.2 Å². The van der Waals surface area contributed by atoms with E-state index in [1.807, 2.05) is 6.07 Å². The van der Waals surface area contributed by atoms with Crippen LogP contribution in [0.4, 0.5) is 5.69 Å². The normalized spacial score (nSPS) is 20.1. The minimum Gasteiger partial charge on any atom is -0.491 e. The molecule has 1 aliphatic carbocycles. The van der Waals surface area contributed by atoms with Gasteiger partial charge >= 0.3 is 0 Å². The summed E-state index contributed by atoms with van der Waals surface area (Å²) in [5.41, 5.74) is 2.64. The molecule has 0 amide bonds. The predicted octanol–water partition coefficient (Wildman–Crippen LogP) is 1.70. The van der Waals surface area contributed by atoms with E-state index in [-0.39, 0.29) is 10.6 Å². The fraction of sp³-hybridized carbons (Fsp3) is 0.529. The maximum absolute atomic E-state index is 11.0. The van der Waals surface area contributed by atoms with E-state index >= 15 is 0 Å². The number of rotatable bonds is 3. The number of piperazine rings is 1. The molecular formula is C17H22N4O3. The number of benzene rings is 1. The quantitative estimate of drug-likeness (QED) is 0.672. The van der Waals surface area contributed by atoms with Crippen LogP contribution in [0.1, 0.15) is 18.4 Å². The summed E-state index contributed by atoms with van der Waals surface area (Å²) in [5, 5.41) is 14.4. The van der Waals surface area contributed by atoms with E-state index in [0.29, 0.717) is 12.4 Å². The molecule has 0 unspecified atom stereocenters. The third-order valence-electron chi connectivity index (χ3n) is 4.77. The first-order chi connectivity index (χ1) is 11.7. The SMILES string of the molecule is O=[N+]([O-])c1ccc2c(c1)OCCN(C(=C1CC1)N1CCNCC1)C2. The molecule has 1 N–H and O–H groups in total. The molecule has 7 heteroatoms. The number of fused-ring (bicyclic) bond motifs is 1. The average molecular weight is 330 g/mol. The molecule has 2 fully saturated rings. The van der Waals surface area contributed by atoms with Gasteiger partial charge in [0.05, 0.1) is 17.5 Å². The van der Waals surface area contributed by atoms with Crippen molar-refractivity contribution < 1.29 is 9.66 Å². The first kappa shape index (κ1) is 15.3. The fourth-order valence-corrected chi connectivity index (χ4v) is 3.46.